The van der Waals surface area contributed by atoms with Crippen LogP contribution in [0.15, 0.2) is 66.3 Å². The number of methoxy groups -OCH3 is 3. The average molecular weight is 375 g/mol. The molecule has 4 nitrogen and oxygen atoms in total. The van der Waals surface area contributed by atoms with Gasteiger partial charge in [-0.1, -0.05) is 48.6 Å². The van der Waals surface area contributed by atoms with Gasteiger partial charge in [0.1, 0.15) is 0 Å². The Bertz CT molecular complexity index is 949. The number of para-hydroxylation sites is 1. The number of nitrogens with zero attached hydrogens (tertiary/aromatic N) is 1. The van der Waals surface area contributed by atoms with Gasteiger partial charge in [0.05, 0.1) is 27.4 Å². The number of likely N-dealkylation sites (N-methyl/N-ethyl adjacent to an activating group) is 1. The van der Waals surface area contributed by atoms with Gasteiger partial charge in [0, 0.05) is 18.7 Å². The first kappa shape index (κ1) is 18.2. The molecule has 0 saturated heterocycles. The SMILES string of the molecule is COc1cc(/C=C\C2=CC3c4ccccc4N(C)C3C=C2)cc(OC)c1OC. The first-order chi connectivity index (χ1) is 13.7. The largest absolute Gasteiger partial charge is 0.493 e. The van der Waals surface area contributed by atoms with Crippen LogP contribution < -0.4 is 19.1 Å². The summed E-state index contributed by atoms with van der Waals surface area (Å²) in [6.45, 7) is 0. The number of benzene rings is 2. The molecule has 0 spiro atoms. The number of rotatable bonds is 5. The first-order valence-electron chi connectivity index (χ1n) is 9.36. The van der Waals surface area contributed by atoms with Crippen molar-refractivity contribution in [3.63, 3.8) is 0 Å². The maximum atomic E-state index is 5.45. The van der Waals surface area contributed by atoms with Gasteiger partial charge in [0.2, 0.25) is 5.75 Å². The predicted octanol–water partition coefficient (Wildman–Crippen LogP) is 4.82. The molecule has 0 fully saturated rings. The summed E-state index contributed by atoms with van der Waals surface area (Å²) >= 11 is 0. The molecule has 28 heavy (non-hydrogen) atoms. The van der Waals surface area contributed by atoms with Gasteiger partial charge in [0.15, 0.2) is 11.5 Å². The molecule has 0 bridgehead atoms. The van der Waals surface area contributed by atoms with Crippen LogP contribution in [0.2, 0.25) is 0 Å². The molecule has 4 rings (SSSR count). The summed E-state index contributed by atoms with van der Waals surface area (Å²) < 4.78 is 16.3. The van der Waals surface area contributed by atoms with E-state index in [0.717, 1.165) is 5.56 Å². The highest BCUT2D eigenvalue weighted by atomic mass is 16.5. The molecule has 0 radical (unpaired) electrons. The molecule has 1 aliphatic heterocycles. The van der Waals surface area contributed by atoms with Gasteiger partial charge in [0.25, 0.3) is 0 Å². The average Bonchev–Trinajstić information content (AvgIpc) is 3.03. The van der Waals surface area contributed by atoms with E-state index in [0.29, 0.717) is 29.2 Å². The molecule has 2 aromatic rings. The third-order valence-corrected chi connectivity index (χ3v) is 5.50. The Hall–Kier alpha value is -3.14. The number of ether oxygens (including phenoxy) is 3. The lowest BCUT2D eigenvalue weighted by Crippen LogP contribution is -2.29. The monoisotopic (exact) mass is 375 g/mol. The second kappa shape index (κ2) is 7.47. The molecule has 4 heteroatoms. The summed E-state index contributed by atoms with van der Waals surface area (Å²) in [4.78, 5) is 2.35. The first-order valence-corrected chi connectivity index (χ1v) is 9.36. The molecular weight excluding hydrogens is 350 g/mol. The molecule has 0 N–H and O–H groups in total. The standard InChI is InChI=1S/C24H25NO3/c1-25-20-8-6-5-7-18(20)19-13-16(11-12-21(19)25)9-10-17-14-22(26-2)24(28-4)23(15-17)27-3/h5-15,19,21H,1-4H3/b10-9-. The fourth-order valence-electron chi connectivity index (χ4n) is 4.09. The van der Waals surface area contributed by atoms with Crippen molar-refractivity contribution in [3.8, 4) is 17.2 Å². The van der Waals surface area contributed by atoms with Crippen LogP contribution in [0, 0.1) is 0 Å². The molecule has 1 aliphatic carbocycles. The predicted molar refractivity (Wildman–Crippen MR) is 114 cm³/mol. The van der Waals surface area contributed by atoms with Crippen LogP contribution in [0.1, 0.15) is 17.0 Å². The van der Waals surface area contributed by atoms with Crippen LogP contribution in [-0.4, -0.2) is 34.4 Å². The van der Waals surface area contributed by atoms with Gasteiger partial charge in [-0.25, -0.2) is 0 Å². The molecule has 2 aliphatic rings. The summed E-state index contributed by atoms with van der Waals surface area (Å²) in [6, 6.07) is 12.9. The minimum atomic E-state index is 0.380. The Morgan fingerprint density at radius 1 is 0.929 bits per heavy atom. The number of hydrogen-bond acceptors (Lipinski definition) is 4. The highest BCUT2D eigenvalue weighted by Gasteiger charge is 2.34. The molecule has 2 atom stereocenters. The van der Waals surface area contributed by atoms with Crippen molar-refractivity contribution >= 4 is 11.8 Å². The minimum absolute atomic E-state index is 0.380. The van der Waals surface area contributed by atoms with Crippen LogP contribution in [0.25, 0.3) is 6.08 Å². The van der Waals surface area contributed by atoms with Crippen LogP contribution in [0.4, 0.5) is 5.69 Å². The Morgan fingerprint density at radius 2 is 1.64 bits per heavy atom. The molecule has 0 amide bonds. The highest BCUT2D eigenvalue weighted by Crippen LogP contribution is 2.44. The van der Waals surface area contributed by atoms with Crippen molar-refractivity contribution in [1.82, 2.24) is 0 Å². The Kier molecular flexibility index (Phi) is 4.86. The Labute approximate surface area is 166 Å². The van der Waals surface area contributed by atoms with Crippen LogP contribution in [0.5, 0.6) is 17.2 Å². The Balaban J connectivity index is 1.63. The third kappa shape index (κ3) is 3.05. The van der Waals surface area contributed by atoms with Crippen LogP contribution in [0.3, 0.4) is 0 Å². The van der Waals surface area contributed by atoms with E-state index in [1.807, 2.05) is 12.1 Å². The van der Waals surface area contributed by atoms with E-state index in [9.17, 15) is 0 Å². The molecular formula is C24H25NO3. The molecule has 2 unspecified atom stereocenters. The van der Waals surface area contributed by atoms with Gasteiger partial charge in [-0.3, -0.25) is 0 Å². The highest BCUT2D eigenvalue weighted by molar-refractivity contribution is 5.68. The molecule has 0 saturated carbocycles. The van der Waals surface area contributed by atoms with Gasteiger partial charge in [-0.15, -0.1) is 0 Å². The maximum Gasteiger partial charge on any atom is 0.203 e. The maximum absolute atomic E-state index is 5.45. The number of allylic oxidation sites excluding steroid dienone is 3. The number of hydrogen-bond donors (Lipinski definition) is 0. The van der Waals surface area contributed by atoms with Gasteiger partial charge in [-0.05, 0) is 34.9 Å². The molecule has 1 heterocycles. The van der Waals surface area contributed by atoms with E-state index in [-0.39, 0.29) is 0 Å². The van der Waals surface area contributed by atoms with Crippen molar-refractivity contribution in [3.05, 3.63) is 77.4 Å². The lowest BCUT2D eigenvalue weighted by Gasteiger charge is -2.25. The van der Waals surface area contributed by atoms with Crippen LogP contribution >= 0.6 is 0 Å². The fraction of sp³-hybridized carbons (Fsp3) is 0.250. The summed E-state index contributed by atoms with van der Waals surface area (Å²) in [5.74, 6) is 2.29. The van der Waals surface area contributed by atoms with Crippen molar-refractivity contribution in [1.29, 1.82) is 0 Å². The van der Waals surface area contributed by atoms with E-state index in [4.69, 9.17) is 14.2 Å². The summed E-state index contributed by atoms with van der Waals surface area (Å²) in [5.41, 5.74) is 4.89. The second-order valence-corrected chi connectivity index (χ2v) is 7.00. The quantitative estimate of drug-likeness (QED) is 0.749. The van der Waals surface area contributed by atoms with E-state index in [2.05, 4.69) is 66.6 Å². The summed E-state index contributed by atoms with van der Waals surface area (Å²) in [5, 5.41) is 0. The van der Waals surface area contributed by atoms with Crippen molar-refractivity contribution in [2.75, 3.05) is 33.3 Å². The van der Waals surface area contributed by atoms with E-state index < -0.39 is 0 Å². The third-order valence-electron chi connectivity index (χ3n) is 5.50. The van der Waals surface area contributed by atoms with E-state index >= 15 is 0 Å². The lowest BCUT2D eigenvalue weighted by molar-refractivity contribution is 0.324. The topological polar surface area (TPSA) is 30.9 Å². The van der Waals surface area contributed by atoms with Gasteiger partial charge < -0.3 is 19.1 Å². The van der Waals surface area contributed by atoms with E-state index in [1.54, 1.807) is 21.3 Å². The number of anilines is 1. The normalized spacial score (nSPS) is 20.0. The van der Waals surface area contributed by atoms with Crippen LogP contribution in [-0.2, 0) is 0 Å². The molecule has 0 aromatic heterocycles. The zero-order valence-corrected chi connectivity index (χ0v) is 16.7. The Morgan fingerprint density at radius 3 is 2.32 bits per heavy atom. The van der Waals surface area contributed by atoms with Crippen molar-refractivity contribution < 1.29 is 14.2 Å². The zero-order valence-electron chi connectivity index (χ0n) is 16.7. The zero-order chi connectivity index (χ0) is 19.7. The van der Waals surface area contributed by atoms with Gasteiger partial charge >= 0.3 is 0 Å². The van der Waals surface area contributed by atoms with Crippen molar-refractivity contribution in [2.24, 2.45) is 0 Å². The lowest BCUT2D eigenvalue weighted by atomic mass is 9.88. The molecule has 2 aromatic carbocycles. The van der Waals surface area contributed by atoms with E-state index in [1.165, 1.54) is 16.8 Å². The fourth-order valence-corrected chi connectivity index (χ4v) is 4.09. The minimum Gasteiger partial charge on any atom is -0.493 e. The summed E-state index contributed by atoms with van der Waals surface area (Å²) in [7, 11) is 7.04. The van der Waals surface area contributed by atoms with Crippen molar-refractivity contribution in [2.45, 2.75) is 12.0 Å². The van der Waals surface area contributed by atoms with Gasteiger partial charge in [-0.2, -0.15) is 0 Å². The number of fused-ring (bicyclic) bond motifs is 3. The smallest absolute Gasteiger partial charge is 0.203 e. The molecule has 144 valence electrons. The summed E-state index contributed by atoms with van der Waals surface area (Å²) in [6.07, 6.45) is 11.0. The second-order valence-electron chi connectivity index (χ2n) is 7.00.